The Bertz CT molecular complexity index is 533. The molecule has 1 saturated heterocycles. The first-order valence-corrected chi connectivity index (χ1v) is 6.78. The molecule has 0 bridgehead atoms. The van der Waals surface area contributed by atoms with Gasteiger partial charge < -0.3 is 15.5 Å². The summed E-state index contributed by atoms with van der Waals surface area (Å²) >= 11 is 0. The number of anilines is 2. The number of hydrogen-bond donors (Lipinski definition) is 1. The lowest BCUT2D eigenvalue weighted by molar-refractivity contribution is 0.640. The number of piperazine rings is 1. The van der Waals surface area contributed by atoms with Gasteiger partial charge in [-0.05, 0) is 11.6 Å². The summed E-state index contributed by atoms with van der Waals surface area (Å²) in [5, 5.41) is 0. The molecule has 2 aromatic heterocycles. The summed E-state index contributed by atoms with van der Waals surface area (Å²) in [7, 11) is 0. The number of rotatable bonds is 3. The third-order valence-electron chi connectivity index (χ3n) is 3.52. The molecule has 6 nitrogen and oxygen atoms in total. The lowest BCUT2D eigenvalue weighted by Crippen LogP contribution is -2.47. The van der Waals surface area contributed by atoms with Crippen molar-refractivity contribution in [3.63, 3.8) is 0 Å². The highest BCUT2D eigenvalue weighted by atomic mass is 15.3. The molecule has 0 atom stereocenters. The predicted molar refractivity (Wildman–Crippen MR) is 78.6 cm³/mol. The molecule has 6 heteroatoms. The Kier molecular flexibility index (Phi) is 3.73. The second-order valence-electron chi connectivity index (χ2n) is 4.77. The molecule has 2 aromatic rings. The highest BCUT2D eigenvalue weighted by molar-refractivity contribution is 5.44. The summed E-state index contributed by atoms with van der Waals surface area (Å²) in [6.07, 6.45) is 7.09. The standard InChI is InChI=1S/C14H18N6/c15-9-12-1-2-13(18-10-12)19-5-7-20(8-6-19)14-11-16-3-4-17-14/h1-4,10-11H,5-9,15H2. The van der Waals surface area contributed by atoms with Crippen LogP contribution in [0.1, 0.15) is 5.56 Å². The first kappa shape index (κ1) is 12.8. The molecule has 3 heterocycles. The lowest BCUT2D eigenvalue weighted by Gasteiger charge is -2.35. The molecule has 1 aliphatic rings. The fraction of sp³-hybridized carbons (Fsp3) is 0.357. The molecule has 2 N–H and O–H groups in total. The van der Waals surface area contributed by atoms with Gasteiger partial charge in [0.2, 0.25) is 0 Å². The molecular weight excluding hydrogens is 252 g/mol. The minimum absolute atomic E-state index is 0.535. The van der Waals surface area contributed by atoms with Crippen molar-refractivity contribution in [2.24, 2.45) is 5.73 Å². The zero-order chi connectivity index (χ0) is 13.8. The summed E-state index contributed by atoms with van der Waals surface area (Å²) in [6, 6.07) is 4.08. The van der Waals surface area contributed by atoms with Crippen LogP contribution >= 0.6 is 0 Å². The van der Waals surface area contributed by atoms with Gasteiger partial charge in [0, 0.05) is 51.3 Å². The number of nitrogens with zero attached hydrogens (tertiary/aromatic N) is 5. The van der Waals surface area contributed by atoms with E-state index in [1.807, 2.05) is 24.5 Å². The second kappa shape index (κ2) is 5.83. The molecule has 1 aliphatic heterocycles. The SMILES string of the molecule is NCc1ccc(N2CCN(c3cnccn3)CC2)nc1. The monoisotopic (exact) mass is 270 g/mol. The average molecular weight is 270 g/mol. The topological polar surface area (TPSA) is 71.2 Å². The molecule has 0 amide bonds. The van der Waals surface area contributed by atoms with Gasteiger partial charge in [-0.3, -0.25) is 4.98 Å². The smallest absolute Gasteiger partial charge is 0.147 e. The molecule has 0 unspecified atom stereocenters. The van der Waals surface area contributed by atoms with Crippen molar-refractivity contribution in [3.8, 4) is 0 Å². The Morgan fingerprint density at radius 3 is 2.20 bits per heavy atom. The van der Waals surface area contributed by atoms with Crippen molar-refractivity contribution in [1.82, 2.24) is 15.0 Å². The van der Waals surface area contributed by atoms with Crippen LogP contribution in [0.25, 0.3) is 0 Å². The van der Waals surface area contributed by atoms with Gasteiger partial charge in [-0.15, -0.1) is 0 Å². The maximum atomic E-state index is 5.59. The first-order chi connectivity index (χ1) is 9.86. The van der Waals surface area contributed by atoms with Crippen LogP contribution in [-0.4, -0.2) is 41.1 Å². The van der Waals surface area contributed by atoms with Crippen LogP contribution in [0, 0.1) is 0 Å². The van der Waals surface area contributed by atoms with Gasteiger partial charge in [0.15, 0.2) is 0 Å². The summed E-state index contributed by atoms with van der Waals surface area (Å²) in [5.41, 5.74) is 6.65. The highest BCUT2D eigenvalue weighted by Gasteiger charge is 2.18. The van der Waals surface area contributed by atoms with Gasteiger partial charge >= 0.3 is 0 Å². The molecular formula is C14H18N6. The van der Waals surface area contributed by atoms with E-state index >= 15 is 0 Å². The van der Waals surface area contributed by atoms with Gasteiger partial charge in [-0.25, -0.2) is 9.97 Å². The number of aromatic nitrogens is 3. The third kappa shape index (κ3) is 2.70. The van der Waals surface area contributed by atoms with E-state index in [9.17, 15) is 0 Å². The van der Waals surface area contributed by atoms with Crippen molar-refractivity contribution < 1.29 is 0 Å². The van der Waals surface area contributed by atoms with Crippen molar-refractivity contribution in [2.75, 3.05) is 36.0 Å². The third-order valence-corrected chi connectivity index (χ3v) is 3.52. The zero-order valence-corrected chi connectivity index (χ0v) is 11.3. The summed E-state index contributed by atoms with van der Waals surface area (Å²) in [5.74, 6) is 1.96. The number of nitrogens with two attached hydrogens (primary N) is 1. The van der Waals surface area contributed by atoms with Crippen LogP contribution in [0.15, 0.2) is 36.9 Å². The minimum Gasteiger partial charge on any atom is -0.353 e. The summed E-state index contributed by atoms with van der Waals surface area (Å²) in [4.78, 5) is 17.5. The Morgan fingerprint density at radius 2 is 1.65 bits per heavy atom. The van der Waals surface area contributed by atoms with Crippen molar-refractivity contribution in [3.05, 3.63) is 42.5 Å². The van der Waals surface area contributed by atoms with Crippen molar-refractivity contribution in [1.29, 1.82) is 0 Å². The maximum absolute atomic E-state index is 5.59. The van der Waals surface area contributed by atoms with E-state index < -0.39 is 0 Å². The fourth-order valence-electron chi connectivity index (χ4n) is 2.34. The average Bonchev–Trinajstić information content (AvgIpc) is 2.56. The van der Waals surface area contributed by atoms with E-state index in [4.69, 9.17) is 5.73 Å². The van der Waals surface area contributed by atoms with Gasteiger partial charge in [0.05, 0.1) is 6.20 Å². The normalized spacial score (nSPS) is 15.4. The van der Waals surface area contributed by atoms with Crippen LogP contribution in [0.5, 0.6) is 0 Å². The molecule has 0 spiro atoms. The summed E-state index contributed by atoms with van der Waals surface area (Å²) in [6.45, 7) is 4.27. The predicted octanol–water partition coefficient (Wildman–Crippen LogP) is 0.657. The number of pyridine rings is 1. The van der Waals surface area contributed by atoms with E-state index in [0.29, 0.717) is 6.54 Å². The van der Waals surface area contributed by atoms with E-state index in [1.165, 1.54) is 0 Å². The fourth-order valence-corrected chi connectivity index (χ4v) is 2.34. The van der Waals surface area contributed by atoms with Gasteiger partial charge in [-0.1, -0.05) is 6.07 Å². The molecule has 3 rings (SSSR count). The number of hydrogen-bond acceptors (Lipinski definition) is 6. The Labute approximate surface area is 118 Å². The quantitative estimate of drug-likeness (QED) is 0.883. The lowest BCUT2D eigenvalue weighted by atomic mass is 10.2. The Hall–Kier alpha value is -2.21. The van der Waals surface area contributed by atoms with E-state index in [2.05, 4.69) is 24.8 Å². The highest BCUT2D eigenvalue weighted by Crippen LogP contribution is 2.16. The van der Waals surface area contributed by atoms with Crippen LogP contribution in [0.4, 0.5) is 11.6 Å². The van der Waals surface area contributed by atoms with Gasteiger partial charge in [0.1, 0.15) is 11.6 Å². The maximum Gasteiger partial charge on any atom is 0.147 e. The molecule has 1 fully saturated rings. The molecule has 0 radical (unpaired) electrons. The van der Waals surface area contributed by atoms with Crippen molar-refractivity contribution >= 4 is 11.6 Å². The molecule has 20 heavy (non-hydrogen) atoms. The van der Waals surface area contributed by atoms with Crippen molar-refractivity contribution in [2.45, 2.75) is 6.54 Å². The molecule has 0 aromatic carbocycles. The van der Waals surface area contributed by atoms with E-state index in [0.717, 1.165) is 43.4 Å². The first-order valence-electron chi connectivity index (χ1n) is 6.78. The minimum atomic E-state index is 0.535. The van der Waals surface area contributed by atoms with E-state index in [1.54, 1.807) is 12.4 Å². The molecule has 0 saturated carbocycles. The van der Waals surface area contributed by atoms with E-state index in [-0.39, 0.29) is 0 Å². The Balaban J connectivity index is 1.63. The molecule has 104 valence electrons. The largest absolute Gasteiger partial charge is 0.353 e. The van der Waals surface area contributed by atoms with Crippen LogP contribution in [0.2, 0.25) is 0 Å². The second-order valence-corrected chi connectivity index (χ2v) is 4.77. The van der Waals surface area contributed by atoms with Crippen LogP contribution in [-0.2, 0) is 6.54 Å². The van der Waals surface area contributed by atoms with Crippen LogP contribution in [0.3, 0.4) is 0 Å². The van der Waals surface area contributed by atoms with Gasteiger partial charge in [-0.2, -0.15) is 0 Å². The van der Waals surface area contributed by atoms with Gasteiger partial charge in [0.25, 0.3) is 0 Å². The van der Waals surface area contributed by atoms with Crippen LogP contribution < -0.4 is 15.5 Å². The Morgan fingerprint density at radius 1 is 0.900 bits per heavy atom. The molecule has 0 aliphatic carbocycles. The summed E-state index contributed by atoms with van der Waals surface area (Å²) < 4.78 is 0. The zero-order valence-electron chi connectivity index (χ0n) is 11.3.